The molecule has 4 aromatic heterocycles. The molecule has 11 aromatic carbocycles. The van der Waals surface area contributed by atoms with Gasteiger partial charge in [-0.1, -0.05) is 205 Å². The van der Waals surface area contributed by atoms with Crippen LogP contribution in [0.4, 0.5) is 0 Å². The van der Waals surface area contributed by atoms with Crippen LogP contribution in [-0.4, -0.2) is 14.1 Å². The summed E-state index contributed by atoms with van der Waals surface area (Å²) in [5, 5.41) is 4.21. The van der Waals surface area contributed by atoms with Gasteiger partial charge in [0.15, 0.2) is 0 Å². The van der Waals surface area contributed by atoms with E-state index in [9.17, 15) is 2.74 Å². The maximum Gasteiger partial charge on any atom is 0.269 e. The van der Waals surface area contributed by atoms with Crippen LogP contribution in [-0.2, 0) is 10.8 Å². The highest BCUT2D eigenvalue weighted by molar-refractivity contribution is 6.10. The molecule has 0 spiro atoms. The van der Waals surface area contributed by atoms with Crippen LogP contribution in [0.15, 0.2) is 259 Å². The number of aromatic nitrogens is 4. The SMILES string of the molecule is [2H]c1c([2H])c([2H])c(-c2cccc3c2-[n+]2[c-]n(-c4cccc(Oc5ccc6c7ccccc7n(-c7cc(C(C)(C)C)ccn7)c6c5)c4)c4cc(-c5ccc6oc7ccccc7c6c5)cc(c42)-c2ccccc2-c2ccc(-c4ccc(C(C)(C)C)cc4)cc2-3)c([2H])c1[2H]. The van der Waals surface area contributed by atoms with Crippen molar-refractivity contribution in [2.75, 3.05) is 0 Å². The predicted molar refractivity (Wildman–Crippen MR) is 353 cm³/mol. The smallest absolute Gasteiger partial charge is 0.269 e. The molecular formula is C80H60N4O2. The van der Waals surface area contributed by atoms with Crippen molar-refractivity contribution in [2.45, 2.75) is 52.4 Å². The lowest BCUT2D eigenvalue weighted by Gasteiger charge is -2.20. The first-order chi connectivity index (χ1) is 43.9. The van der Waals surface area contributed by atoms with Gasteiger partial charge in [0.2, 0.25) is 0 Å². The Bertz CT molecular complexity index is 5520. The van der Waals surface area contributed by atoms with Gasteiger partial charge in [-0.05, 0) is 168 Å². The molecule has 1 aliphatic heterocycles. The first-order valence-corrected chi connectivity index (χ1v) is 29.2. The monoisotopic (exact) mass is 1110 g/mol. The maximum absolute atomic E-state index is 9.59. The van der Waals surface area contributed by atoms with Crippen LogP contribution < -0.4 is 9.30 Å². The zero-order valence-corrected chi connectivity index (χ0v) is 48.5. The third kappa shape index (κ3) is 8.46. The molecule has 0 amide bonds. The van der Waals surface area contributed by atoms with E-state index < -0.39 is 18.1 Å². The van der Waals surface area contributed by atoms with Crippen LogP contribution in [0.2, 0.25) is 0 Å². The van der Waals surface area contributed by atoms with Crippen LogP contribution in [0.25, 0.3) is 139 Å². The highest BCUT2D eigenvalue weighted by Gasteiger charge is 2.29. The first-order valence-electron chi connectivity index (χ1n) is 31.7. The molecule has 16 rings (SSSR count). The van der Waals surface area contributed by atoms with Crippen molar-refractivity contribution in [1.82, 2.24) is 14.1 Å². The lowest BCUT2D eigenvalue weighted by atomic mass is 9.84. The molecule has 0 bridgehead atoms. The van der Waals surface area contributed by atoms with Crippen LogP contribution in [0.3, 0.4) is 0 Å². The lowest BCUT2D eigenvalue weighted by Crippen LogP contribution is -2.32. The Morgan fingerprint density at radius 2 is 1.09 bits per heavy atom. The van der Waals surface area contributed by atoms with Gasteiger partial charge in [-0.2, -0.15) is 0 Å². The van der Waals surface area contributed by atoms with Crippen molar-refractivity contribution in [3.8, 4) is 95.5 Å². The van der Waals surface area contributed by atoms with Gasteiger partial charge in [0.05, 0.1) is 40.3 Å². The number of hydrogen-bond donors (Lipinski definition) is 0. The van der Waals surface area contributed by atoms with Gasteiger partial charge < -0.3 is 9.15 Å². The summed E-state index contributed by atoms with van der Waals surface area (Å²) in [6, 6.07) is 73.8. The van der Waals surface area contributed by atoms with E-state index in [2.05, 4.69) is 213 Å². The lowest BCUT2D eigenvalue weighted by molar-refractivity contribution is -0.570. The van der Waals surface area contributed by atoms with Gasteiger partial charge in [0.1, 0.15) is 28.5 Å². The minimum atomic E-state index is -0.461. The maximum atomic E-state index is 9.59. The zero-order valence-electron chi connectivity index (χ0n) is 53.5. The summed E-state index contributed by atoms with van der Waals surface area (Å²) in [5.41, 5.74) is 18.8. The summed E-state index contributed by atoms with van der Waals surface area (Å²) < 4.78 is 65.8. The summed E-state index contributed by atoms with van der Waals surface area (Å²) >= 11 is 0. The molecule has 6 nitrogen and oxygen atoms in total. The van der Waals surface area contributed by atoms with E-state index in [4.69, 9.17) is 18.3 Å². The minimum absolute atomic E-state index is 0.0410. The largest absolute Gasteiger partial charge is 0.458 e. The van der Waals surface area contributed by atoms with E-state index in [0.29, 0.717) is 22.7 Å². The van der Waals surface area contributed by atoms with E-state index >= 15 is 0 Å². The Hall–Kier alpha value is -10.6. The van der Waals surface area contributed by atoms with Crippen LogP contribution in [0, 0.1) is 6.33 Å². The molecule has 1 aliphatic rings. The van der Waals surface area contributed by atoms with Crippen LogP contribution in [0.1, 0.15) is 59.5 Å². The quantitative estimate of drug-likeness (QED) is 0.118. The summed E-state index contributed by atoms with van der Waals surface area (Å²) in [5.74, 6) is 2.06. The van der Waals surface area contributed by atoms with Crippen molar-refractivity contribution in [2.24, 2.45) is 0 Å². The molecule has 0 radical (unpaired) electrons. The molecule has 86 heavy (non-hydrogen) atoms. The Labute approximate surface area is 507 Å². The number of para-hydroxylation sites is 3. The average molecular weight is 1110 g/mol. The molecule has 5 heterocycles. The summed E-state index contributed by atoms with van der Waals surface area (Å²) in [4.78, 5) is 4.94. The standard InChI is InChI=1S/C80H60N4O2/c1-79(2,3)55-34-30-50(31-35-55)52-32-37-63-61-22-10-11-23-62(61)70-44-54(53-33-39-75-69(43-53)66-25-13-15-29-74(66)86-75)45-73-78(70)83(77-60(51-18-8-7-9-19-51)26-17-27-67(77)68(63)42-52)49-82(73)57-20-16-21-58(47-57)85-59-36-38-65-64-24-12-14-28-71(64)84(72(65)48-59)76-46-56(40-41-81-76)80(4,5)6/h7-48H,1-6H3/i7D,8D,9D,18D,19D. The van der Waals surface area contributed by atoms with Gasteiger partial charge in [-0.3, -0.25) is 13.7 Å². The second-order valence-corrected chi connectivity index (χ2v) is 24.6. The minimum Gasteiger partial charge on any atom is -0.458 e. The Kier molecular flexibility index (Phi) is 10.4. The molecule has 15 aromatic rings. The molecule has 0 fully saturated rings. The van der Waals surface area contributed by atoms with E-state index in [1.54, 1.807) is 0 Å². The predicted octanol–water partition coefficient (Wildman–Crippen LogP) is 20.8. The highest BCUT2D eigenvalue weighted by Crippen LogP contribution is 2.48. The Balaban J connectivity index is 0.963. The second kappa shape index (κ2) is 19.5. The number of ether oxygens (including phenoxy) is 1. The van der Waals surface area contributed by atoms with E-state index in [0.717, 1.165) is 122 Å². The normalized spacial score (nSPS) is 13.1. The van der Waals surface area contributed by atoms with E-state index in [1.807, 2.05) is 72.9 Å². The van der Waals surface area contributed by atoms with Crippen LogP contribution in [0.5, 0.6) is 11.5 Å². The number of imidazole rings is 1. The number of pyridine rings is 1. The van der Waals surface area contributed by atoms with Crippen molar-refractivity contribution in [1.29, 1.82) is 0 Å². The summed E-state index contributed by atoms with van der Waals surface area (Å²) in [6.45, 7) is 13.3. The van der Waals surface area contributed by atoms with Crippen molar-refractivity contribution < 1.29 is 20.6 Å². The average Bonchev–Trinajstić information content (AvgIpc) is 1.61. The number of hydrogen-bond acceptors (Lipinski definition) is 3. The molecule has 0 aliphatic carbocycles. The molecule has 0 saturated carbocycles. The van der Waals surface area contributed by atoms with Gasteiger partial charge in [0.25, 0.3) is 6.33 Å². The van der Waals surface area contributed by atoms with Gasteiger partial charge >= 0.3 is 0 Å². The Morgan fingerprint density at radius 3 is 1.92 bits per heavy atom. The number of fused-ring (bicyclic) bond motifs is 13. The number of benzene rings is 11. The topological polar surface area (TPSA) is 49.0 Å². The fourth-order valence-electron chi connectivity index (χ4n) is 12.8. The first kappa shape index (κ1) is 45.9. The number of rotatable bonds is 7. The van der Waals surface area contributed by atoms with Crippen molar-refractivity contribution in [3.05, 3.63) is 272 Å². The van der Waals surface area contributed by atoms with Crippen molar-refractivity contribution in [3.63, 3.8) is 0 Å². The second-order valence-electron chi connectivity index (χ2n) is 24.6. The molecule has 412 valence electrons. The molecule has 0 saturated heterocycles. The molecule has 0 N–H and O–H groups in total. The van der Waals surface area contributed by atoms with E-state index in [1.165, 1.54) is 11.1 Å². The van der Waals surface area contributed by atoms with Gasteiger partial charge in [-0.15, -0.1) is 0 Å². The Morgan fingerprint density at radius 1 is 0.442 bits per heavy atom. The fraction of sp³-hybridized carbons (Fsp3) is 0.100. The molecular weight excluding hydrogens is 1050 g/mol. The molecule has 6 heteroatoms. The molecule has 0 atom stereocenters. The van der Waals surface area contributed by atoms with Crippen LogP contribution >= 0.6 is 0 Å². The highest BCUT2D eigenvalue weighted by atomic mass is 16.5. The zero-order chi connectivity index (χ0) is 62.4. The summed E-state index contributed by atoms with van der Waals surface area (Å²) in [7, 11) is 0. The van der Waals surface area contributed by atoms with Crippen molar-refractivity contribution >= 4 is 54.8 Å². The third-order valence-electron chi connectivity index (χ3n) is 17.2. The molecule has 0 unspecified atom stereocenters. The number of nitrogens with zero attached hydrogens (tertiary/aromatic N) is 4. The fourth-order valence-corrected chi connectivity index (χ4v) is 12.8. The van der Waals surface area contributed by atoms with Gasteiger partial charge in [-0.25, -0.2) is 4.98 Å². The number of furan rings is 1. The van der Waals surface area contributed by atoms with Gasteiger partial charge in [0, 0.05) is 33.8 Å². The summed E-state index contributed by atoms with van der Waals surface area (Å²) in [6.07, 6.45) is 5.81. The third-order valence-corrected chi connectivity index (χ3v) is 17.2. The van der Waals surface area contributed by atoms with E-state index in [-0.39, 0.29) is 28.5 Å².